The van der Waals surface area contributed by atoms with Crippen LogP contribution in [0.1, 0.15) is 26.7 Å². The van der Waals surface area contributed by atoms with E-state index in [0.29, 0.717) is 0 Å². The van der Waals surface area contributed by atoms with E-state index in [4.69, 9.17) is 0 Å². The molecule has 2 aliphatic rings. The van der Waals surface area contributed by atoms with E-state index in [9.17, 15) is 4.79 Å². The van der Waals surface area contributed by atoms with Gasteiger partial charge in [0.25, 0.3) is 0 Å². The molecule has 0 aromatic heterocycles. The lowest BCUT2D eigenvalue weighted by molar-refractivity contribution is -0.126. The van der Waals surface area contributed by atoms with Gasteiger partial charge < -0.3 is 20.0 Å². The van der Waals surface area contributed by atoms with Crippen molar-refractivity contribution in [2.24, 2.45) is 0 Å². The van der Waals surface area contributed by atoms with Crippen LogP contribution in [-0.2, 0) is 4.79 Å². The second kappa shape index (κ2) is 11.1. The Bertz CT molecular complexity index is 610. The van der Waals surface area contributed by atoms with Crippen molar-refractivity contribution in [3.63, 3.8) is 0 Å². The molecule has 0 aliphatic carbocycles. The molecule has 2 heterocycles. The highest BCUT2D eigenvalue weighted by Crippen LogP contribution is 2.27. The first-order chi connectivity index (χ1) is 13.0. The third-order valence-corrected chi connectivity index (χ3v) is 5.16. The number of amides is 1. The van der Waals surface area contributed by atoms with E-state index in [1.54, 1.807) is 6.08 Å². The van der Waals surface area contributed by atoms with Gasteiger partial charge in [0.05, 0.1) is 0 Å². The van der Waals surface area contributed by atoms with E-state index in [1.165, 1.54) is 16.8 Å². The van der Waals surface area contributed by atoms with Gasteiger partial charge >= 0.3 is 0 Å². The maximum Gasteiger partial charge on any atom is 0.246 e. The molecule has 0 unspecified atom stereocenters. The molecule has 5 nitrogen and oxygen atoms in total. The lowest BCUT2D eigenvalue weighted by Crippen LogP contribution is -2.45. The van der Waals surface area contributed by atoms with Crippen LogP contribution >= 0.6 is 0 Å². The summed E-state index contributed by atoms with van der Waals surface area (Å²) in [6, 6.07) is 0. The Morgan fingerprint density at radius 1 is 1.26 bits per heavy atom. The molecule has 0 bridgehead atoms. The average Bonchev–Trinajstić information content (AvgIpc) is 2.67. The van der Waals surface area contributed by atoms with E-state index in [0.717, 1.165) is 58.7 Å². The van der Waals surface area contributed by atoms with E-state index < -0.39 is 0 Å². The molecule has 0 aromatic carbocycles. The van der Waals surface area contributed by atoms with Gasteiger partial charge in [0, 0.05) is 51.0 Å². The molecule has 0 aromatic rings. The highest BCUT2D eigenvalue weighted by Gasteiger charge is 2.19. The van der Waals surface area contributed by atoms with E-state index in [-0.39, 0.29) is 5.91 Å². The highest BCUT2D eigenvalue weighted by molar-refractivity contribution is 5.88. The Balaban J connectivity index is 2.10. The smallest absolute Gasteiger partial charge is 0.246 e. The number of nitrogens with one attached hydrogen (secondary N) is 1. The minimum atomic E-state index is 0.125. The molecule has 1 amide bonds. The second-order valence-corrected chi connectivity index (χ2v) is 7.63. The summed E-state index contributed by atoms with van der Waals surface area (Å²) in [6.07, 6.45) is 12.3. The summed E-state index contributed by atoms with van der Waals surface area (Å²) in [4.78, 5) is 19.1. The molecule has 1 saturated heterocycles. The van der Waals surface area contributed by atoms with Crippen molar-refractivity contribution in [2.45, 2.75) is 26.7 Å². The number of carbonyl (C=O) groups is 1. The number of hydrogen-bond acceptors (Lipinski definition) is 4. The maximum absolute atomic E-state index is 12.5. The molecule has 1 N–H and O–H groups in total. The lowest BCUT2D eigenvalue weighted by atomic mass is 9.96. The first-order valence-corrected chi connectivity index (χ1v) is 10.1. The van der Waals surface area contributed by atoms with Crippen molar-refractivity contribution < 1.29 is 4.79 Å². The normalized spacial score (nSPS) is 20.7. The van der Waals surface area contributed by atoms with Crippen LogP contribution < -0.4 is 5.32 Å². The highest BCUT2D eigenvalue weighted by atomic mass is 16.2. The van der Waals surface area contributed by atoms with Gasteiger partial charge in [-0.1, -0.05) is 24.3 Å². The fraction of sp³-hybridized carbons (Fsp3) is 0.591. The van der Waals surface area contributed by atoms with Crippen LogP contribution in [0.15, 0.2) is 47.2 Å². The van der Waals surface area contributed by atoms with Gasteiger partial charge in [0.2, 0.25) is 5.91 Å². The van der Waals surface area contributed by atoms with E-state index >= 15 is 0 Å². The SMILES string of the molecule is C/C=C\C=C1\CC(/C=C/C(=O)N2CCNCC2)=C(C)N(CCCN(C)C)C1. The van der Waals surface area contributed by atoms with Gasteiger partial charge in [0.1, 0.15) is 0 Å². The topological polar surface area (TPSA) is 38.8 Å². The first kappa shape index (κ1) is 21.5. The first-order valence-electron chi connectivity index (χ1n) is 10.1. The maximum atomic E-state index is 12.5. The Morgan fingerprint density at radius 2 is 2.00 bits per heavy atom. The third kappa shape index (κ3) is 7.00. The van der Waals surface area contributed by atoms with Crippen LogP contribution in [0.5, 0.6) is 0 Å². The molecule has 0 atom stereocenters. The Kier molecular flexibility index (Phi) is 8.82. The predicted octanol–water partition coefficient (Wildman–Crippen LogP) is 2.41. The number of allylic oxidation sites excluding steroid dienone is 6. The largest absolute Gasteiger partial charge is 0.371 e. The van der Waals surface area contributed by atoms with Crippen LogP contribution in [0.2, 0.25) is 0 Å². The van der Waals surface area contributed by atoms with Crippen molar-refractivity contribution in [1.29, 1.82) is 0 Å². The summed E-state index contributed by atoms with van der Waals surface area (Å²) < 4.78 is 0. The fourth-order valence-electron chi connectivity index (χ4n) is 3.51. The minimum Gasteiger partial charge on any atom is -0.371 e. The van der Waals surface area contributed by atoms with E-state index in [1.807, 2.05) is 17.9 Å². The molecular weight excluding hydrogens is 336 g/mol. The average molecular weight is 373 g/mol. The summed E-state index contributed by atoms with van der Waals surface area (Å²) in [7, 11) is 4.23. The fourth-order valence-corrected chi connectivity index (χ4v) is 3.51. The van der Waals surface area contributed by atoms with Crippen molar-refractivity contribution in [1.82, 2.24) is 20.0 Å². The predicted molar refractivity (Wildman–Crippen MR) is 114 cm³/mol. The summed E-state index contributed by atoms with van der Waals surface area (Å²) in [5, 5.41) is 3.29. The van der Waals surface area contributed by atoms with Crippen LogP contribution in [0.3, 0.4) is 0 Å². The summed E-state index contributed by atoms with van der Waals surface area (Å²) in [5.74, 6) is 0.125. The van der Waals surface area contributed by atoms with Crippen molar-refractivity contribution in [3.05, 3.63) is 47.2 Å². The number of rotatable bonds is 7. The molecule has 0 saturated carbocycles. The van der Waals surface area contributed by atoms with Crippen LogP contribution in [0.25, 0.3) is 0 Å². The zero-order valence-corrected chi connectivity index (χ0v) is 17.5. The molecule has 2 rings (SSSR count). The monoisotopic (exact) mass is 372 g/mol. The van der Waals surface area contributed by atoms with Gasteiger partial charge in [-0.25, -0.2) is 0 Å². The van der Waals surface area contributed by atoms with Crippen molar-refractivity contribution >= 4 is 5.91 Å². The lowest BCUT2D eigenvalue weighted by Gasteiger charge is -2.33. The molecule has 5 heteroatoms. The van der Waals surface area contributed by atoms with Crippen LogP contribution in [-0.4, -0.2) is 80.5 Å². The molecule has 1 fully saturated rings. The van der Waals surface area contributed by atoms with Gasteiger partial charge in [-0.2, -0.15) is 0 Å². The van der Waals surface area contributed by atoms with E-state index in [2.05, 4.69) is 54.4 Å². The van der Waals surface area contributed by atoms with Crippen LogP contribution in [0.4, 0.5) is 0 Å². The Labute approximate surface area is 165 Å². The molecule has 27 heavy (non-hydrogen) atoms. The number of hydrogen-bond donors (Lipinski definition) is 1. The third-order valence-electron chi connectivity index (χ3n) is 5.16. The summed E-state index contributed by atoms with van der Waals surface area (Å²) in [5.41, 5.74) is 3.96. The van der Waals surface area contributed by atoms with Gasteiger partial charge in [-0.3, -0.25) is 4.79 Å². The standard InChI is InChI=1S/C22H36N4O/c1-5-6-8-20-17-21(9-10-22(27)25-15-11-23-12-16-25)19(2)26(18-20)14-7-13-24(3)4/h5-6,8-10,23H,7,11-18H2,1-4H3/b6-5-,10-9+,20-8-. The Hall–Kier alpha value is -1.85. The molecule has 150 valence electrons. The second-order valence-electron chi connectivity index (χ2n) is 7.63. The number of carbonyl (C=O) groups excluding carboxylic acids is 1. The van der Waals surface area contributed by atoms with Gasteiger partial charge in [0.15, 0.2) is 0 Å². The summed E-state index contributed by atoms with van der Waals surface area (Å²) in [6.45, 7) is 10.7. The molecule has 0 radical (unpaired) electrons. The number of nitrogens with zero attached hydrogens (tertiary/aromatic N) is 3. The number of piperazine rings is 1. The zero-order valence-electron chi connectivity index (χ0n) is 17.5. The molecule has 2 aliphatic heterocycles. The summed E-state index contributed by atoms with van der Waals surface area (Å²) >= 11 is 0. The zero-order chi connectivity index (χ0) is 19.6. The van der Waals surface area contributed by atoms with Gasteiger partial charge in [-0.15, -0.1) is 0 Å². The molecular formula is C22H36N4O. The van der Waals surface area contributed by atoms with Crippen molar-refractivity contribution in [3.8, 4) is 0 Å². The quantitative estimate of drug-likeness (QED) is 0.697. The molecule has 0 spiro atoms. The van der Waals surface area contributed by atoms with Crippen LogP contribution in [0, 0.1) is 0 Å². The van der Waals surface area contributed by atoms with Gasteiger partial charge in [-0.05, 0) is 58.5 Å². The van der Waals surface area contributed by atoms with Crippen molar-refractivity contribution in [2.75, 3.05) is 59.9 Å². The Morgan fingerprint density at radius 3 is 2.67 bits per heavy atom. The minimum absolute atomic E-state index is 0.125.